The molecule has 0 aliphatic carbocycles. The van der Waals surface area contributed by atoms with Gasteiger partial charge in [-0.2, -0.15) is 0 Å². The number of rotatable bonds is 6. The molecular weight excluding hydrogens is 262 g/mol. The largest absolute Gasteiger partial charge is 0.317 e. The number of benzene rings is 1. The van der Waals surface area contributed by atoms with E-state index in [-0.39, 0.29) is 0 Å². The lowest BCUT2D eigenvalue weighted by Crippen LogP contribution is -2.13. The van der Waals surface area contributed by atoms with Crippen molar-refractivity contribution in [2.45, 2.75) is 26.7 Å². The van der Waals surface area contributed by atoms with Gasteiger partial charge >= 0.3 is 0 Å². The van der Waals surface area contributed by atoms with Crippen molar-refractivity contribution in [3.8, 4) is 0 Å². The highest BCUT2D eigenvalue weighted by Crippen LogP contribution is 2.19. The molecule has 2 heteroatoms. The van der Waals surface area contributed by atoms with Crippen LogP contribution in [0.4, 0.5) is 0 Å². The maximum Gasteiger partial charge on any atom is 0.0210 e. The Bertz CT molecular complexity index is 344. The van der Waals surface area contributed by atoms with Crippen LogP contribution in [0.5, 0.6) is 0 Å². The third kappa shape index (κ3) is 4.95. The number of hydrogen-bond acceptors (Lipinski definition) is 1. The summed E-state index contributed by atoms with van der Waals surface area (Å²) in [6.07, 6.45) is 4.47. The summed E-state index contributed by atoms with van der Waals surface area (Å²) in [5.74, 6) is 0. The molecule has 0 saturated carbocycles. The first-order valence-corrected chi connectivity index (χ1v) is 6.63. The Morgan fingerprint density at radius 1 is 1.38 bits per heavy atom. The van der Waals surface area contributed by atoms with Gasteiger partial charge in [0.15, 0.2) is 0 Å². The van der Waals surface area contributed by atoms with Crippen molar-refractivity contribution in [1.29, 1.82) is 0 Å². The van der Waals surface area contributed by atoms with Crippen LogP contribution in [-0.4, -0.2) is 13.1 Å². The molecule has 1 aromatic carbocycles. The van der Waals surface area contributed by atoms with Crippen LogP contribution in [0, 0.1) is 0 Å². The molecule has 0 aliphatic rings. The summed E-state index contributed by atoms with van der Waals surface area (Å²) in [5.41, 5.74) is 2.80. The highest BCUT2D eigenvalue weighted by Gasteiger charge is 1.98. The molecule has 16 heavy (non-hydrogen) atoms. The summed E-state index contributed by atoms with van der Waals surface area (Å²) in [7, 11) is 0. The number of halogens is 1. The molecule has 0 amide bonds. The van der Waals surface area contributed by atoms with Crippen LogP contribution in [0.15, 0.2) is 40.4 Å². The molecule has 1 rings (SSSR count). The molecule has 0 atom stereocenters. The molecule has 0 unspecified atom stereocenters. The minimum absolute atomic E-state index is 1.04. The zero-order chi connectivity index (χ0) is 11.8. The minimum atomic E-state index is 1.04. The quantitative estimate of drug-likeness (QED) is 0.615. The fourth-order valence-corrected chi connectivity index (χ4v) is 2.04. The summed E-state index contributed by atoms with van der Waals surface area (Å²) in [6.45, 7) is 6.46. The molecule has 1 aromatic rings. The van der Waals surface area contributed by atoms with E-state index in [0.29, 0.717) is 0 Å². The lowest BCUT2D eigenvalue weighted by atomic mass is 10.1. The zero-order valence-electron chi connectivity index (χ0n) is 10.1. The van der Waals surface area contributed by atoms with E-state index in [2.05, 4.69) is 65.4 Å². The lowest BCUT2D eigenvalue weighted by Gasteiger charge is -2.05. The van der Waals surface area contributed by atoms with Crippen LogP contribution in [0.3, 0.4) is 0 Å². The van der Waals surface area contributed by atoms with E-state index in [9.17, 15) is 0 Å². The van der Waals surface area contributed by atoms with Crippen LogP contribution in [-0.2, 0) is 6.42 Å². The predicted molar refractivity (Wildman–Crippen MR) is 74.8 cm³/mol. The maximum atomic E-state index is 3.58. The van der Waals surface area contributed by atoms with Gasteiger partial charge in [0.2, 0.25) is 0 Å². The van der Waals surface area contributed by atoms with Crippen LogP contribution >= 0.6 is 15.9 Å². The molecular formula is C14H20BrN. The van der Waals surface area contributed by atoms with E-state index in [4.69, 9.17) is 0 Å². The molecule has 0 aliphatic heterocycles. The van der Waals surface area contributed by atoms with Crippen molar-refractivity contribution in [1.82, 2.24) is 5.32 Å². The normalized spacial score (nSPS) is 11.8. The first-order valence-electron chi connectivity index (χ1n) is 5.83. The van der Waals surface area contributed by atoms with Gasteiger partial charge in [0.05, 0.1) is 0 Å². The summed E-state index contributed by atoms with van der Waals surface area (Å²) in [5, 5.41) is 3.33. The minimum Gasteiger partial charge on any atom is -0.317 e. The third-order valence-electron chi connectivity index (χ3n) is 2.49. The first kappa shape index (κ1) is 13.5. The molecule has 0 fully saturated rings. The SMILES string of the molecule is CCNCCC=C(C)Cc1ccccc1Br. The van der Waals surface area contributed by atoms with E-state index in [1.807, 2.05) is 0 Å². The summed E-state index contributed by atoms with van der Waals surface area (Å²) < 4.78 is 1.20. The molecule has 1 N–H and O–H groups in total. The average molecular weight is 282 g/mol. The Labute approximate surface area is 107 Å². The highest BCUT2D eigenvalue weighted by atomic mass is 79.9. The second-order valence-electron chi connectivity index (χ2n) is 3.96. The van der Waals surface area contributed by atoms with Crippen molar-refractivity contribution in [2.24, 2.45) is 0 Å². The molecule has 88 valence electrons. The Morgan fingerprint density at radius 3 is 2.81 bits per heavy atom. The first-order chi connectivity index (χ1) is 7.74. The van der Waals surface area contributed by atoms with Gasteiger partial charge in [0.25, 0.3) is 0 Å². The molecule has 0 radical (unpaired) electrons. The third-order valence-corrected chi connectivity index (χ3v) is 3.26. The number of allylic oxidation sites excluding steroid dienone is 1. The molecule has 0 heterocycles. The van der Waals surface area contributed by atoms with Crippen LogP contribution in [0.25, 0.3) is 0 Å². The van der Waals surface area contributed by atoms with Crippen LogP contribution in [0.1, 0.15) is 25.8 Å². The van der Waals surface area contributed by atoms with Crippen molar-refractivity contribution in [3.05, 3.63) is 46.0 Å². The van der Waals surface area contributed by atoms with E-state index in [0.717, 1.165) is 25.9 Å². The van der Waals surface area contributed by atoms with E-state index in [1.54, 1.807) is 0 Å². The van der Waals surface area contributed by atoms with Gasteiger partial charge in [0.1, 0.15) is 0 Å². The molecule has 0 spiro atoms. The predicted octanol–water partition coefficient (Wildman–Crippen LogP) is 3.94. The van der Waals surface area contributed by atoms with Crippen molar-refractivity contribution in [2.75, 3.05) is 13.1 Å². The fourth-order valence-electron chi connectivity index (χ4n) is 1.61. The van der Waals surface area contributed by atoms with E-state index < -0.39 is 0 Å². The number of hydrogen-bond donors (Lipinski definition) is 1. The second kappa shape index (κ2) is 7.64. The zero-order valence-corrected chi connectivity index (χ0v) is 11.7. The van der Waals surface area contributed by atoms with Crippen LogP contribution < -0.4 is 5.32 Å². The summed E-state index contributed by atoms with van der Waals surface area (Å²) in [6, 6.07) is 8.41. The van der Waals surface area contributed by atoms with Gasteiger partial charge in [-0.25, -0.2) is 0 Å². The van der Waals surface area contributed by atoms with Gasteiger partial charge in [-0.3, -0.25) is 0 Å². The molecule has 1 nitrogen and oxygen atoms in total. The van der Waals surface area contributed by atoms with Crippen molar-refractivity contribution < 1.29 is 0 Å². The Balaban J connectivity index is 2.44. The Hall–Kier alpha value is -0.600. The van der Waals surface area contributed by atoms with E-state index >= 15 is 0 Å². The molecule has 0 saturated heterocycles. The van der Waals surface area contributed by atoms with Crippen molar-refractivity contribution >= 4 is 15.9 Å². The standard InChI is InChI=1S/C14H20BrN/c1-3-16-10-6-7-12(2)11-13-8-4-5-9-14(13)15/h4-5,7-9,16H,3,6,10-11H2,1-2H3. The van der Waals surface area contributed by atoms with Crippen LogP contribution in [0.2, 0.25) is 0 Å². The van der Waals surface area contributed by atoms with E-state index in [1.165, 1.54) is 15.6 Å². The van der Waals surface area contributed by atoms with Gasteiger partial charge in [-0.05, 0) is 44.5 Å². The van der Waals surface area contributed by atoms with Gasteiger partial charge in [-0.15, -0.1) is 0 Å². The molecule has 0 bridgehead atoms. The average Bonchev–Trinajstić information content (AvgIpc) is 2.28. The second-order valence-corrected chi connectivity index (χ2v) is 4.82. The highest BCUT2D eigenvalue weighted by molar-refractivity contribution is 9.10. The maximum absolute atomic E-state index is 3.58. The van der Waals surface area contributed by atoms with Gasteiger partial charge < -0.3 is 5.32 Å². The lowest BCUT2D eigenvalue weighted by molar-refractivity contribution is 0.724. The monoisotopic (exact) mass is 281 g/mol. The molecule has 0 aromatic heterocycles. The fraction of sp³-hybridized carbons (Fsp3) is 0.429. The summed E-state index contributed by atoms with van der Waals surface area (Å²) in [4.78, 5) is 0. The number of nitrogens with one attached hydrogen (secondary N) is 1. The smallest absolute Gasteiger partial charge is 0.0210 e. The topological polar surface area (TPSA) is 12.0 Å². The Morgan fingerprint density at radius 2 is 2.12 bits per heavy atom. The Kier molecular flexibility index (Phi) is 6.43. The van der Waals surface area contributed by atoms with Gasteiger partial charge in [-0.1, -0.05) is 52.7 Å². The van der Waals surface area contributed by atoms with Gasteiger partial charge in [0, 0.05) is 4.47 Å². The summed E-state index contributed by atoms with van der Waals surface area (Å²) >= 11 is 3.58. The van der Waals surface area contributed by atoms with Crippen molar-refractivity contribution in [3.63, 3.8) is 0 Å².